The van der Waals surface area contributed by atoms with Crippen molar-refractivity contribution >= 4 is 33.1 Å². The third-order valence-corrected chi connectivity index (χ3v) is 5.01. The molecular formula is C21H32BrN3O2. The summed E-state index contributed by atoms with van der Waals surface area (Å²) in [5, 5.41) is 2.83. The van der Waals surface area contributed by atoms with Crippen LogP contribution in [0.15, 0.2) is 16.6 Å². The van der Waals surface area contributed by atoms with Crippen LogP contribution in [0.3, 0.4) is 0 Å². The van der Waals surface area contributed by atoms with Gasteiger partial charge in [0.05, 0.1) is 11.0 Å². The first-order chi connectivity index (χ1) is 12.7. The molecule has 0 aliphatic heterocycles. The van der Waals surface area contributed by atoms with Gasteiger partial charge in [-0.25, -0.2) is 9.78 Å². The molecule has 1 aromatic carbocycles. The van der Waals surface area contributed by atoms with Gasteiger partial charge in [0.15, 0.2) is 0 Å². The van der Waals surface area contributed by atoms with Gasteiger partial charge in [-0.05, 0) is 51.3 Å². The molecule has 27 heavy (non-hydrogen) atoms. The van der Waals surface area contributed by atoms with Crippen molar-refractivity contribution < 1.29 is 9.53 Å². The number of carbonyl (C=O) groups excluding carboxylic acids is 1. The number of hydrogen-bond acceptors (Lipinski definition) is 3. The first-order valence-corrected chi connectivity index (χ1v) is 10.7. The van der Waals surface area contributed by atoms with E-state index in [1.54, 1.807) is 0 Å². The minimum absolute atomic E-state index is 0.383. The highest BCUT2D eigenvalue weighted by atomic mass is 79.9. The number of halogens is 1. The van der Waals surface area contributed by atoms with Crippen molar-refractivity contribution in [3.05, 3.63) is 28.0 Å². The van der Waals surface area contributed by atoms with Gasteiger partial charge in [0.1, 0.15) is 11.4 Å². The highest BCUT2D eigenvalue weighted by molar-refractivity contribution is 9.10. The molecule has 0 radical (unpaired) electrons. The summed E-state index contributed by atoms with van der Waals surface area (Å²) in [5.74, 6) is 1.01. The molecule has 2 aromatic rings. The summed E-state index contributed by atoms with van der Waals surface area (Å²) in [4.78, 5) is 16.7. The van der Waals surface area contributed by atoms with Gasteiger partial charge in [-0.3, -0.25) is 0 Å². The lowest BCUT2D eigenvalue weighted by molar-refractivity contribution is 0.0528. The van der Waals surface area contributed by atoms with E-state index in [0.717, 1.165) is 48.0 Å². The Balaban J connectivity index is 2.20. The lowest BCUT2D eigenvalue weighted by Gasteiger charge is -2.19. The molecule has 1 aromatic heterocycles. The molecule has 0 saturated carbocycles. The number of ether oxygens (including phenoxy) is 1. The zero-order valence-electron chi connectivity index (χ0n) is 17.2. The lowest BCUT2D eigenvalue weighted by atomic mass is 10.1. The van der Waals surface area contributed by atoms with Gasteiger partial charge in [-0.1, -0.05) is 42.6 Å². The van der Waals surface area contributed by atoms with E-state index in [1.807, 2.05) is 20.8 Å². The maximum absolute atomic E-state index is 11.9. The van der Waals surface area contributed by atoms with Gasteiger partial charge >= 0.3 is 6.09 Å². The van der Waals surface area contributed by atoms with E-state index in [4.69, 9.17) is 9.72 Å². The number of aromatic nitrogens is 2. The predicted octanol–water partition coefficient (Wildman–Crippen LogP) is 5.62. The first kappa shape index (κ1) is 21.7. The number of aryl methyl sites for hydroxylation is 2. The Morgan fingerprint density at radius 2 is 1.96 bits per heavy atom. The molecule has 6 heteroatoms. The molecule has 0 atom stereocenters. The SMILES string of the molecule is CCCCn1c(CCNC(=O)OC(C)(C)C)nc2cc(Br)c(CCC)cc21. The molecule has 1 N–H and O–H groups in total. The fourth-order valence-corrected chi connectivity index (χ4v) is 3.58. The molecule has 2 rings (SSSR count). The molecule has 1 heterocycles. The van der Waals surface area contributed by atoms with Gasteiger partial charge in [0, 0.05) is 24.0 Å². The van der Waals surface area contributed by atoms with Crippen LogP contribution in [-0.2, 0) is 24.1 Å². The molecule has 0 aliphatic rings. The Kier molecular flexibility index (Phi) is 7.71. The van der Waals surface area contributed by atoms with Crippen molar-refractivity contribution in [2.45, 2.75) is 78.9 Å². The Bertz CT molecular complexity index is 778. The Labute approximate surface area is 171 Å². The van der Waals surface area contributed by atoms with E-state index < -0.39 is 5.60 Å². The van der Waals surface area contributed by atoms with Crippen LogP contribution in [-0.4, -0.2) is 27.8 Å². The number of hydrogen-bond donors (Lipinski definition) is 1. The molecule has 0 unspecified atom stereocenters. The second-order valence-corrected chi connectivity index (χ2v) is 8.75. The van der Waals surface area contributed by atoms with Crippen molar-refractivity contribution in [1.82, 2.24) is 14.9 Å². The van der Waals surface area contributed by atoms with Crippen LogP contribution in [0.1, 0.15) is 65.3 Å². The summed E-state index contributed by atoms with van der Waals surface area (Å²) in [7, 11) is 0. The molecule has 0 saturated heterocycles. The number of nitrogens with zero attached hydrogens (tertiary/aromatic N) is 2. The van der Waals surface area contributed by atoms with E-state index in [1.165, 1.54) is 11.1 Å². The zero-order valence-corrected chi connectivity index (χ0v) is 18.8. The zero-order chi connectivity index (χ0) is 20.0. The number of nitrogens with one attached hydrogen (secondary N) is 1. The van der Waals surface area contributed by atoms with Crippen LogP contribution in [0.4, 0.5) is 4.79 Å². The summed E-state index contributed by atoms with van der Waals surface area (Å²) < 4.78 is 8.73. The standard InChI is InChI=1S/C21H32BrN3O2/c1-6-8-12-25-18-13-15(9-7-2)16(22)14-17(18)24-19(25)10-11-23-20(26)27-21(3,4)5/h13-14H,6-12H2,1-5H3,(H,23,26). The number of rotatable bonds is 8. The third-order valence-electron chi connectivity index (χ3n) is 4.27. The molecule has 0 aliphatic carbocycles. The second-order valence-electron chi connectivity index (χ2n) is 7.89. The van der Waals surface area contributed by atoms with Crippen LogP contribution in [0.2, 0.25) is 0 Å². The fourth-order valence-electron chi connectivity index (χ4n) is 3.05. The number of carbonyl (C=O) groups is 1. The molecule has 150 valence electrons. The summed E-state index contributed by atoms with van der Waals surface area (Å²) in [5.41, 5.74) is 3.02. The summed E-state index contributed by atoms with van der Waals surface area (Å²) in [6.07, 6.45) is 4.69. The lowest BCUT2D eigenvalue weighted by Crippen LogP contribution is -2.33. The smallest absolute Gasteiger partial charge is 0.407 e. The van der Waals surface area contributed by atoms with E-state index in [0.29, 0.717) is 13.0 Å². The number of benzene rings is 1. The monoisotopic (exact) mass is 437 g/mol. The summed E-state index contributed by atoms with van der Waals surface area (Å²) in [6.45, 7) is 11.4. The summed E-state index contributed by atoms with van der Waals surface area (Å²) in [6, 6.07) is 4.38. The van der Waals surface area contributed by atoms with Crippen LogP contribution in [0, 0.1) is 0 Å². The maximum Gasteiger partial charge on any atom is 0.407 e. The number of fused-ring (bicyclic) bond motifs is 1. The van der Waals surface area contributed by atoms with Crippen LogP contribution in [0.5, 0.6) is 0 Å². The van der Waals surface area contributed by atoms with E-state index in [2.05, 4.69) is 51.8 Å². The minimum atomic E-state index is -0.486. The van der Waals surface area contributed by atoms with Crippen molar-refractivity contribution in [2.24, 2.45) is 0 Å². The van der Waals surface area contributed by atoms with E-state index in [-0.39, 0.29) is 6.09 Å². The van der Waals surface area contributed by atoms with E-state index in [9.17, 15) is 4.79 Å². The predicted molar refractivity (Wildman–Crippen MR) is 114 cm³/mol. The van der Waals surface area contributed by atoms with Crippen molar-refractivity contribution in [1.29, 1.82) is 0 Å². The average Bonchev–Trinajstić information content (AvgIpc) is 2.88. The molecule has 5 nitrogen and oxygen atoms in total. The molecule has 1 amide bonds. The van der Waals surface area contributed by atoms with Gasteiger partial charge in [0.2, 0.25) is 0 Å². The average molecular weight is 438 g/mol. The second kappa shape index (κ2) is 9.58. The number of alkyl carbamates (subject to hydrolysis) is 1. The maximum atomic E-state index is 11.9. The Morgan fingerprint density at radius 1 is 1.22 bits per heavy atom. The first-order valence-electron chi connectivity index (χ1n) is 9.89. The molecule has 0 spiro atoms. The molecular weight excluding hydrogens is 406 g/mol. The largest absolute Gasteiger partial charge is 0.444 e. The number of unbranched alkanes of at least 4 members (excludes halogenated alkanes) is 1. The van der Waals surface area contributed by atoms with E-state index >= 15 is 0 Å². The number of amides is 1. The van der Waals surface area contributed by atoms with Crippen LogP contribution < -0.4 is 5.32 Å². The van der Waals surface area contributed by atoms with Crippen molar-refractivity contribution in [3.63, 3.8) is 0 Å². The highest BCUT2D eigenvalue weighted by Crippen LogP contribution is 2.27. The Hall–Kier alpha value is -1.56. The van der Waals surface area contributed by atoms with Gasteiger partial charge < -0.3 is 14.6 Å². The van der Waals surface area contributed by atoms with Gasteiger partial charge in [-0.2, -0.15) is 0 Å². The fraction of sp³-hybridized carbons (Fsp3) is 0.619. The van der Waals surface area contributed by atoms with Crippen molar-refractivity contribution in [2.75, 3.05) is 6.54 Å². The van der Waals surface area contributed by atoms with Crippen molar-refractivity contribution in [3.8, 4) is 0 Å². The minimum Gasteiger partial charge on any atom is -0.444 e. The normalized spacial score (nSPS) is 11.8. The van der Waals surface area contributed by atoms with Crippen LogP contribution >= 0.6 is 15.9 Å². The number of imidazole rings is 1. The molecule has 0 fully saturated rings. The quantitative estimate of drug-likeness (QED) is 0.582. The van der Waals surface area contributed by atoms with Crippen LogP contribution in [0.25, 0.3) is 11.0 Å². The van der Waals surface area contributed by atoms with Gasteiger partial charge in [0.25, 0.3) is 0 Å². The topological polar surface area (TPSA) is 56.2 Å². The summed E-state index contributed by atoms with van der Waals surface area (Å²) >= 11 is 3.68. The van der Waals surface area contributed by atoms with Gasteiger partial charge in [-0.15, -0.1) is 0 Å². The highest BCUT2D eigenvalue weighted by Gasteiger charge is 2.17. The molecule has 0 bridgehead atoms. The third kappa shape index (κ3) is 6.23. The Morgan fingerprint density at radius 3 is 2.59 bits per heavy atom.